The second kappa shape index (κ2) is 9.44. The van der Waals surface area contributed by atoms with E-state index in [4.69, 9.17) is 4.98 Å². The molecule has 0 unspecified atom stereocenters. The summed E-state index contributed by atoms with van der Waals surface area (Å²) in [5.41, 5.74) is 4.03. The molecule has 3 aromatic rings. The first-order valence-corrected chi connectivity index (χ1v) is 13.1. The minimum Gasteiger partial charge on any atom is -0.355 e. The Bertz CT molecular complexity index is 1370. The highest BCUT2D eigenvalue weighted by molar-refractivity contribution is 8.03. The summed E-state index contributed by atoms with van der Waals surface area (Å²) in [7, 11) is 2.17. The van der Waals surface area contributed by atoms with Crippen molar-refractivity contribution in [3.63, 3.8) is 0 Å². The minimum atomic E-state index is -0.156. The van der Waals surface area contributed by atoms with Crippen LogP contribution in [-0.4, -0.2) is 54.0 Å². The fraction of sp³-hybridized carbons (Fsp3) is 0.250. The van der Waals surface area contributed by atoms with Gasteiger partial charge in [0.1, 0.15) is 11.6 Å². The number of thioether (sulfide) groups is 1. The van der Waals surface area contributed by atoms with Gasteiger partial charge in [-0.1, -0.05) is 36.5 Å². The number of nitrogens with one attached hydrogen (secondary N) is 1. The molecule has 5 heterocycles. The molecule has 182 valence electrons. The third-order valence-corrected chi connectivity index (χ3v) is 8.00. The van der Waals surface area contributed by atoms with Gasteiger partial charge in [-0.25, -0.2) is 4.98 Å². The number of benzene rings is 1. The topological polar surface area (TPSA) is 64.6 Å². The van der Waals surface area contributed by atoms with E-state index < -0.39 is 0 Å². The Morgan fingerprint density at radius 2 is 1.92 bits per heavy atom. The van der Waals surface area contributed by atoms with E-state index in [0.717, 1.165) is 71.1 Å². The van der Waals surface area contributed by atoms with E-state index in [-0.39, 0.29) is 5.91 Å². The molecule has 0 saturated carbocycles. The number of hydrogen-bond donors (Lipinski definition) is 1. The number of nitrogens with zero attached hydrogens (tertiary/aromatic N) is 5. The number of fused-ring (bicyclic) bond motifs is 5. The van der Waals surface area contributed by atoms with Crippen LogP contribution in [-0.2, 0) is 11.3 Å². The minimum absolute atomic E-state index is 0.156. The highest BCUT2D eigenvalue weighted by atomic mass is 32.2. The smallest absolute Gasteiger partial charge is 0.254 e. The summed E-state index contributed by atoms with van der Waals surface area (Å²) < 4.78 is 0. The van der Waals surface area contributed by atoms with Gasteiger partial charge in [0.25, 0.3) is 5.91 Å². The molecule has 0 aliphatic carbocycles. The van der Waals surface area contributed by atoms with Crippen molar-refractivity contribution in [1.29, 1.82) is 0 Å². The fourth-order valence-electron chi connectivity index (χ4n) is 4.92. The van der Waals surface area contributed by atoms with Gasteiger partial charge in [0.2, 0.25) is 0 Å². The third-order valence-electron chi connectivity index (χ3n) is 6.86. The maximum Gasteiger partial charge on any atom is 0.254 e. The van der Waals surface area contributed by atoms with E-state index in [9.17, 15) is 4.79 Å². The summed E-state index contributed by atoms with van der Waals surface area (Å²) in [4.78, 5) is 31.0. The number of rotatable bonds is 4. The first-order chi connectivity index (χ1) is 17.6. The van der Waals surface area contributed by atoms with Gasteiger partial charge < -0.3 is 15.1 Å². The number of hydrogen-bond acceptors (Lipinski definition) is 7. The summed E-state index contributed by atoms with van der Waals surface area (Å²) in [5, 5.41) is 3.90. The first kappa shape index (κ1) is 22.8. The highest BCUT2D eigenvalue weighted by Gasteiger charge is 2.39. The summed E-state index contributed by atoms with van der Waals surface area (Å²) >= 11 is 1.60. The molecule has 0 spiro atoms. The van der Waals surface area contributed by atoms with Crippen LogP contribution in [0.3, 0.4) is 0 Å². The van der Waals surface area contributed by atoms with Crippen LogP contribution in [0.25, 0.3) is 5.57 Å². The highest BCUT2D eigenvalue weighted by Crippen LogP contribution is 2.56. The van der Waals surface area contributed by atoms with Gasteiger partial charge in [-0.05, 0) is 62.0 Å². The van der Waals surface area contributed by atoms with Gasteiger partial charge in [0, 0.05) is 36.3 Å². The average Bonchev–Trinajstić information content (AvgIpc) is 3.15. The van der Waals surface area contributed by atoms with Gasteiger partial charge in [0.05, 0.1) is 28.5 Å². The lowest BCUT2D eigenvalue weighted by atomic mass is 9.95. The molecule has 8 heteroatoms. The maximum absolute atomic E-state index is 13.5. The van der Waals surface area contributed by atoms with Crippen LogP contribution in [0.15, 0.2) is 82.9 Å². The van der Waals surface area contributed by atoms with Crippen molar-refractivity contribution >= 4 is 40.6 Å². The van der Waals surface area contributed by atoms with E-state index in [1.165, 1.54) is 0 Å². The Kier molecular flexibility index (Phi) is 5.99. The van der Waals surface area contributed by atoms with Crippen molar-refractivity contribution in [2.45, 2.75) is 17.9 Å². The van der Waals surface area contributed by atoms with Gasteiger partial charge in [-0.3, -0.25) is 14.7 Å². The number of carbonyl (C=O) groups excluding carboxylic acids is 1. The lowest BCUT2D eigenvalue weighted by Gasteiger charge is -2.32. The zero-order valence-electron chi connectivity index (χ0n) is 20.3. The number of carbonyl (C=O) groups is 1. The number of amides is 1. The monoisotopic (exact) mass is 496 g/mol. The zero-order valence-corrected chi connectivity index (χ0v) is 21.1. The second-order valence-corrected chi connectivity index (χ2v) is 10.3. The van der Waals surface area contributed by atoms with Crippen LogP contribution in [0.4, 0.5) is 17.3 Å². The van der Waals surface area contributed by atoms with Crippen LogP contribution in [0.1, 0.15) is 17.7 Å². The Morgan fingerprint density at radius 3 is 2.78 bits per heavy atom. The lowest BCUT2D eigenvalue weighted by Crippen LogP contribution is -2.32. The molecule has 1 aromatic carbocycles. The fourth-order valence-corrected chi connectivity index (χ4v) is 6.13. The third kappa shape index (κ3) is 4.06. The largest absolute Gasteiger partial charge is 0.355 e. The zero-order chi connectivity index (χ0) is 24.6. The summed E-state index contributed by atoms with van der Waals surface area (Å²) in [5.74, 6) is 1.65. The van der Waals surface area contributed by atoms with E-state index in [1.54, 1.807) is 18.0 Å². The molecule has 1 amide bonds. The van der Waals surface area contributed by atoms with Crippen molar-refractivity contribution in [3.05, 3.63) is 89.2 Å². The maximum atomic E-state index is 13.5. The lowest BCUT2D eigenvalue weighted by molar-refractivity contribution is -0.117. The normalized spacial score (nSPS) is 17.4. The molecule has 6 rings (SSSR count). The molecule has 1 fully saturated rings. The molecular weight excluding hydrogens is 468 g/mol. The summed E-state index contributed by atoms with van der Waals surface area (Å²) in [6, 6.07) is 18.1. The number of anilines is 3. The first-order valence-electron chi connectivity index (χ1n) is 12.2. The van der Waals surface area contributed by atoms with E-state index in [2.05, 4.69) is 62.9 Å². The molecule has 3 aliphatic rings. The Labute approximate surface area is 215 Å². The van der Waals surface area contributed by atoms with Crippen LogP contribution in [0, 0.1) is 0 Å². The molecule has 1 saturated heterocycles. The molecule has 7 nitrogen and oxygen atoms in total. The van der Waals surface area contributed by atoms with Crippen molar-refractivity contribution in [3.8, 4) is 0 Å². The Morgan fingerprint density at radius 1 is 1.06 bits per heavy atom. The number of para-hydroxylation sites is 1. The van der Waals surface area contributed by atoms with E-state index in [1.807, 2.05) is 30.3 Å². The van der Waals surface area contributed by atoms with Crippen LogP contribution in [0.5, 0.6) is 0 Å². The number of pyridine rings is 2. The Hall–Kier alpha value is -3.62. The summed E-state index contributed by atoms with van der Waals surface area (Å²) in [6.07, 6.45) is 2.84. The van der Waals surface area contributed by atoms with Gasteiger partial charge in [-0.2, -0.15) is 0 Å². The summed E-state index contributed by atoms with van der Waals surface area (Å²) in [6.45, 7) is 8.76. The standard InChI is InChI=1S/C28H28N6OS/c1-19-21-11-12-24(33-15-7-14-32(2)16-17-33)31-26(21)34-22-9-3-4-10-23(22)36-28(34)25(19)27(35)30-18-20-8-5-6-13-29-20/h3-6,8-13H,1,7,14-18H2,2H3,(H,30,35). The van der Waals surface area contributed by atoms with Gasteiger partial charge in [-0.15, -0.1) is 0 Å². The van der Waals surface area contributed by atoms with Gasteiger partial charge >= 0.3 is 0 Å². The molecule has 0 atom stereocenters. The second-order valence-electron chi connectivity index (χ2n) is 9.25. The predicted octanol–water partition coefficient (Wildman–Crippen LogP) is 4.42. The molecule has 36 heavy (non-hydrogen) atoms. The SMILES string of the molecule is C=C1C(C(=O)NCc2ccccn2)=C2Sc3ccccc3N2c2nc(N3CCCN(C)CC3)ccc21. The molecule has 0 bridgehead atoms. The van der Waals surface area contributed by atoms with Crippen molar-refractivity contribution < 1.29 is 4.79 Å². The number of likely N-dealkylation sites (N-methyl/N-ethyl adjacent to an activating group) is 1. The molecule has 3 aliphatic heterocycles. The molecule has 2 aromatic heterocycles. The van der Waals surface area contributed by atoms with Crippen LogP contribution >= 0.6 is 11.8 Å². The Balaban J connectivity index is 1.39. The average molecular weight is 497 g/mol. The quantitative estimate of drug-likeness (QED) is 0.574. The predicted molar refractivity (Wildman–Crippen MR) is 145 cm³/mol. The van der Waals surface area contributed by atoms with Crippen molar-refractivity contribution in [2.24, 2.45) is 0 Å². The molecular formula is C28H28N6OS. The molecule has 0 radical (unpaired) electrons. The van der Waals surface area contributed by atoms with E-state index >= 15 is 0 Å². The van der Waals surface area contributed by atoms with Crippen molar-refractivity contribution in [2.75, 3.05) is 43.0 Å². The van der Waals surface area contributed by atoms with Crippen LogP contribution < -0.4 is 15.1 Å². The van der Waals surface area contributed by atoms with Gasteiger partial charge in [0.15, 0.2) is 0 Å². The molecule has 1 N–H and O–H groups in total. The number of aromatic nitrogens is 2. The van der Waals surface area contributed by atoms with Crippen LogP contribution in [0.2, 0.25) is 0 Å². The van der Waals surface area contributed by atoms with E-state index in [0.29, 0.717) is 17.7 Å². The van der Waals surface area contributed by atoms with Crippen molar-refractivity contribution in [1.82, 2.24) is 20.2 Å².